The lowest BCUT2D eigenvalue weighted by atomic mass is 10.0. The first-order valence-electron chi connectivity index (χ1n) is 8.59. The summed E-state index contributed by atoms with van der Waals surface area (Å²) in [6.07, 6.45) is 4.21. The molecule has 2 atom stereocenters. The molecule has 1 aliphatic rings. The molecule has 3 nitrogen and oxygen atoms in total. The van der Waals surface area contributed by atoms with Crippen LogP contribution in [0.3, 0.4) is 0 Å². The molecule has 0 aromatic heterocycles. The Hall–Kier alpha value is -2.36. The second-order valence-corrected chi connectivity index (χ2v) is 6.11. The van der Waals surface area contributed by atoms with E-state index in [0.717, 1.165) is 23.1 Å². The smallest absolute Gasteiger partial charge is 0.147 e. The van der Waals surface area contributed by atoms with Crippen molar-refractivity contribution in [2.24, 2.45) is 0 Å². The topological polar surface area (TPSA) is 27.7 Å². The van der Waals surface area contributed by atoms with Gasteiger partial charge >= 0.3 is 0 Å². The Labute approximate surface area is 149 Å². The van der Waals surface area contributed by atoms with Crippen molar-refractivity contribution in [3.63, 3.8) is 0 Å². The third kappa shape index (κ3) is 5.31. The van der Waals surface area contributed by atoms with Gasteiger partial charge in [0, 0.05) is 6.42 Å². The zero-order chi connectivity index (χ0) is 17.3. The maximum absolute atomic E-state index is 6.12. The molecule has 0 unspecified atom stereocenters. The average molecular weight is 336 g/mol. The third-order valence-electron chi connectivity index (χ3n) is 4.21. The van der Waals surface area contributed by atoms with Gasteiger partial charge in [-0.1, -0.05) is 73.3 Å². The van der Waals surface area contributed by atoms with Crippen LogP contribution in [-0.2, 0) is 27.4 Å². The first kappa shape index (κ1) is 17.5. The predicted molar refractivity (Wildman–Crippen MR) is 98.9 cm³/mol. The van der Waals surface area contributed by atoms with E-state index in [4.69, 9.17) is 14.2 Å². The van der Waals surface area contributed by atoms with Crippen molar-refractivity contribution >= 4 is 0 Å². The lowest BCUT2D eigenvalue weighted by molar-refractivity contribution is -0.0931. The van der Waals surface area contributed by atoms with Crippen molar-refractivity contribution in [1.82, 2.24) is 0 Å². The molecule has 0 saturated heterocycles. The fraction of sp³-hybridized carbons (Fsp3) is 0.273. The largest absolute Gasteiger partial charge is 0.493 e. The van der Waals surface area contributed by atoms with Gasteiger partial charge in [-0.15, -0.1) is 0 Å². The van der Waals surface area contributed by atoms with E-state index in [1.54, 1.807) is 6.26 Å². The van der Waals surface area contributed by atoms with Crippen LogP contribution in [0.2, 0.25) is 0 Å². The number of hydrogen-bond donors (Lipinski definition) is 0. The number of rotatable bonds is 8. The molecule has 0 saturated carbocycles. The van der Waals surface area contributed by atoms with Crippen molar-refractivity contribution in [2.45, 2.75) is 31.8 Å². The molecule has 0 N–H and O–H groups in total. The fourth-order valence-corrected chi connectivity index (χ4v) is 2.76. The Bertz CT molecular complexity index is 679. The van der Waals surface area contributed by atoms with Crippen molar-refractivity contribution in [3.8, 4) is 0 Å². The van der Waals surface area contributed by atoms with Crippen LogP contribution < -0.4 is 0 Å². The number of ether oxygens (including phenoxy) is 3. The Balaban J connectivity index is 1.55. The van der Waals surface area contributed by atoms with Crippen LogP contribution >= 0.6 is 0 Å². The molecule has 0 radical (unpaired) electrons. The van der Waals surface area contributed by atoms with E-state index in [-0.39, 0.29) is 12.2 Å². The van der Waals surface area contributed by atoms with Crippen LogP contribution in [0.5, 0.6) is 0 Å². The Morgan fingerprint density at radius 1 is 0.960 bits per heavy atom. The molecule has 0 bridgehead atoms. The highest BCUT2D eigenvalue weighted by Crippen LogP contribution is 2.23. The minimum Gasteiger partial charge on any atom is -0.493 e. The van der Waals surface area contributed by atoms with Gasteiger partial charge in [0.2, 0.25) is 0 Å². The number of benzene rings is 2. The van der Waals surface area contributed by atoms with Gasteiger partial charge in [0.1, 0.15) is 12.2 Å². The van der Waals surface area contributed by atoms with Gasteiger partial charge in [-0.2, -0.15) is 0 Å². The van der Waals surface area contributed by atoms with Gasteiger partial charge in [-0.3, -0.25) is 0 Å². The van der Waals surface area contributed by atoms with E-state index in [1.807, 2.05) is 42.5 Å². The van der Waals surface area contributed by atoms with Crippen molar-refractivity contribution < 1.29 is 14.2 Å². The minimum atomic E-state index is -0.115. The molecule has 25 heavy (non-hydrogen) atoms. The van der Waals surface area contributed by atoms with Crippen LogP contribution in [0.1, 0.15) is 17.5 Å². The van der Waals surface area contributed by atoms with Gasteiger partial charge in [-0.05, 0) is 16.7 Å². The SMILES string of the molecule is C=CC1=CO[C@H](COCc2ccccc2)[C@@H](OCc2ccccc2)C1. The Morgan fingerprint density at radius 3 is 2.24 bits per heavy atom. The summed E-state index contributed by atoms with van der Waals surface area (Å²) in [7, 11) is 0. The lowest BCUT2D eigenvalue weighted by Crippen LogP contribution is -2.37. The molecule has 2 aromatic carbocycles. The quantitative estimate of drug-likeness (QED) is 0.702. The number of hydrogen-bond acceptors (Lipinski definition) is 3. The Morgan fingerprint density at radius 2 is 1.60 bits per heavy atom. The molecular weight excluding hydrogens is 312 g/mol. The molecule has 3 rings (SSSR count). The maximum atomic E-state index is 6.12. The highest BCUT2D eigenvalue weighted by Gasteiger charge is 2.28. The lowest BCUT2D eigenvalue weighted by Gasteiger charge is -2.31. The standard InChI is InChI=1S/C22H24O3/c1-2-18-13-21(24-16-20-11-7-4-8-12-20)22(25-15-18)17-23-14-19-9-5-3-6-10-19/h2-12,15,21-22H,1,13-14,16-17H2/t21-,22+/m0/s1. The van der Waals surface area contributed by atoms with Crippen LogP contribution in [-0.4, -0.2) is 18.8 Å². The third-order valence-corrected chi connectivity index (χ3v) is 4.21. The predicted octanol–water partition coefficient (Wildman–Crippen LogP) is 4.65. The van der Waals surface area contributed by atoms with E-state index >= 15 is 0 Å². The molecule has 2 aromatic rings. The zero-order valence-corrected chi connectivity index (χ0v) is 14.3. The molecule has 0 spiro atoms. The van der Waals surface area contributed by atoms with Gasteiger partial charge in [-0.25, -0.2) is 0 Å². The summed E-state index contributed by atoms with van der Waals surface area (Å²) in [4.78, 5) is 0. The van der Waals surface area contributed by atoms with Crippen LogP contribution in [0, 0.1) is 0 Å². The van der Waals surface area contributed by atoms with Gasteiger partial charge in [0.25, 0.3) is 0 Å². The van der Waals surface area contributed by atoms with Crippen LogP contribution in [0.15, 0.2) is 85.2 Å². The van der Waals surface area contributed by atoms with Crippen molar-refractivity contribution in [2.75, 3.05) is 6.61 Å². The summed E-state index contributed by atoms with van der Waals surface area (Å²) < 4.78 is 17.8. The van der Waals surface area contributed by atoms with E-state index < -0.39 is 0 Å². The summed E-state index contributed by atoms with van der Waals surface area (Å²) >= 11 is 0. The normalized spacial score (nSPS) is 19.8. The second kappa shape index (κ2) is 9.21. The summed E-state index contributed by atoms with van der Waals surface area (Å²) in [6.45, 7) is 5.46. The first-order valence-corrected chi connectivity index (χ1v) is 8.59. The van der Waals surface area contributed by atoms with E-state index in [0.29, 0.717) is 19.8 Å². The summed E-state index contributed by atoms with van der Waals surface area (Å²) in [5, 5.41) is 0. The molecular formula is C22H24O3. The molecule has 3 heteroatoms. The fourth-order valence-electron chi connectivity index (χ4n) is 2.76. The van der Waals surface area contributed by atoms with Gasteiger partial charge < -0.3 is 14.2 Å². The molecule has 130 valence electrons. The molecule has 0 fully saturated rings. The summed E-state index contributed by atoms with van der Waals surface area (Å²) in [5.74, 6) is 0. The monoisotopic (exact) mass is 336 g/mol. The summed E-state index contributed by atoms with van der Waals surface area (Å²) in [5.41, 5.74) is 3.36. The molecule has 0 amide bonds. The van der Waals surface area contributed by atoms with E-state index in [2.05, 4.69) is 30.8 Å². The van der Waals surface area contributed by atoms with Crippen molar-refractivity contribution in [3.05, 3.63) is 96.3 Å². The minimum absolute atomic E-state index is 0.0472. The molecule has 1 heterocycles. The molecule has 0 aliphatic carbocycles. The van der Waals surface area contributed by atoms with E-state index in [1.165, 1.54) is 0 Å². The van der Waals surface area contributed by atoms with Crippen LogP contribution in [0.4, 0.5) is 0 Å². The van der Waals surface area contributed by atoms with E-state index in [9.17, 15) is 0 Å². The van der Waals surface area contributed by atoms with Gasteiger partial charge in [0.15, 0.2) is 0 Å². The number of allylic oxidation sites excluding steroid dienone is 1. The van der Waals surface area contributed by atoms with Gasteiger partial charge in [0.05, 0.1) is 26.1 Å². The zero-order valence-electron chi connectivity index (χ0n) is 14.3. The Kier molecular flexibility index (Phi) is 6.43. The highest BCUT2D eigenvalue weighted by atomic mass is 16.6. The summed E-state index contributed by atoms with van der Waals surface area (Å²) in [6, 6.07) is 20.3. The highest BCUT2D eigenvalue weighted by molar-refractivity contribution is 5.18. The second-order valence-electron chi connectivity index (χ2n) is 6.11. The first-order chi connectivity index (χ1) is 12.3. The average Bonchev–Trinajstić information content (AvgIpc) is 2.68. The molecule has 1 aliphatic heterocycles. The maximum Gasteiger partial charge on any atom is 0.147 e. The van der Waals surface area contributed by atoms with Crippen molar-refractivity contribution in [1.29, 1.82) is 0 Å². The van der Waals surface area contributed by atoms with Crippen LogP contribution in [0.25, 0.3) is 0 Å².